The quantitative estimate of drug-likeness (QED) is 0.451. The van der Waals surface area contributed by atoms with Crippen LogP contribution in [0.2, 0.25) is 0 Å². The topological polar surface area (TPSA) is 18.5 Å². The molecule has 0 saturated carbocycles. The highest BCUT2D eigenvalue weighted by Gasteiger charge is 2.30. The molecule has 0 heterocycles. The first kappa shape index (κ1) is 21.5. The Balaban J connectivity index is 5.27. The Kier molecular flexibility index (Phi) is 8.33. The van der Waals surface area contributed by atoms with Crippen molar-refractivity contribution in [3.63, 3.8) is 0 Å². The molecule has 0 fully saturated rings. The number of allylic oxidation sites excluding steroid dienone is 3. The first-order chi connectivity index (χ1) is 10.4. The SMILES string of the molecule is C=C(C(=CC)COC(F)(F)F)C(C)=C(C=CC)COC(F)(F)F. The zero-order valence-electron chi connectivity index (χ0n) is 12.9. The number of halogens is 6. The van der Waals surface area contributed by atoms with Gasteiger partial charge in [0.25, 0.3) is 0 Å². The van der Waals surface area contributed by atoms with Gasteiger partial charge >= 0.3 is 12.7 Å². The molecule has 0 aromatic carbocycles. The van der Waals surface area contributed by atoms with Crippen LogP contribution in [0.5, 0.6) is 0 Å². The van der Waals surface area contributed by atoms with Crippen molar-refractivity contribution in [1.29, 1.82) is 0 Å². The molecule has 2 nitrogen and oxygen atoms in total. The summed E-state index contributed by atoms with van der Waals surface area (Å²) in [4.78, 5) is 0. The van der Waals surface area contributed by atoms with Crippen LogP contribution in [0.4, 0.5) is 26.3 Å². The maximum Gasteiger partial charge on any atom is 0.522 e. The Morgan fingerprint density at radius 2 is 1.43 bits per heavy atom. The van der Waals surface area contributed by atoms with E-state index in [0.717, 1.165) is 0 Å². The van der Waals surface area contributed by atoms with Gasteiger partial charge in [0.05, 0.1) is 13.2 Å². The van der Waals surface area contributed by atoms with Gasteiger partial charge in [0.2, 0.25) is 0 Å². The van der Waals surface area contributed by atoms with Crippen LogP contribution in [0.25, 0.3) is 0 Å². The van der Waals surface area contributed by atoms with Crippen LogP contribution in [0.15, 0.2) is 47.1 Å². The van der Waals surface area contributed by atoms with Gasteiger partial charge in [-0.15, -0.1) is 26.3 Å². The third kappa shape index (κ3) is 9.25. The molecule has 0 N–H and O–H groups in total. The molecule has 132 valence electrons. The van der Waals surface area contributed by atoms with Crippen LogP contribution in [-0.2, 0) is 9.47 Å². The van der Waals surface area contributed by atoms with Gasteiger partial charge in [-0.2, -0.15) is 0 Å². The van der Waals surface area contributed by atoms with Crippen LogP contribution in [0.1, 0.15) is 20.8 Å². The highest BCUT2D eigenvalue weighted by Crippen LogP contribution is 2.26. The number of rotatable bonds is 7. The molecule has 0 aliphatic carbocycles. The summed E-state index contributed by atoms with van der Waals surface area (Å²) in [7, 11) is 0. The summed E-state index contributed by atoms with van der Waals surface area (Å²) in [5, 5.41) is 0. The minimum atomic E-state index is -4.81. The van der Waals surface area contributed by atoms with Crippen LogP contribution in [0.3, 0.4) is 0 Å². The largest absolute Gasteiger partial charge is 0.522 e. The lowest BCUT2D eigenvalue weighted by molar-refractivity contribution is -0.321. The third-order valence-electron chi connectivity index (χ3n) is 2.82. The summed E-state index contributed by atoms with van der Waals surface area (Å²) in [6, 6.07) is 0. The van der Waals surface area contributed by atoms with Crippen molar-refractivity contribution in [2.45, 2.75) is 33.5 Å². The van der Waals surface area contributed by atoms with E-state index in [1.54, 1.807) is 6.92 Å². The molecule has 0 aliphatic heterocycles. The second-order valence-corrected chi connectivity index (χ2v) is 4.41. The van der Waals surface area contributed by atoms with Gasteiger partial charge in [-0.05, 0) is 43.1 Å². The fraction of sp³-hybridized carbons (Fsp3) is 0.467. The van der Waals surface area contributed by atoms with E-state index >= 15 is 0 Å². The van der Waals surface area contributed by atoms with E-state index in [1.807, 2.05) is 0 Å². The van der Waals surface area contributed by atoms with Gasteiger partial charge in [0.15, 0.2) is 0 Å². The number of hydrogen-bond donors (Lipinski definition) is 0. The van der Waals surface area contributed by atoms with Crippen molar-refractivity contribution in [2.24, 2.45) is 0 Å². The average Bonchev–Trinajstić information content (AvgIpc) is 2.40. The highest BCUT2D eigenvalue weighted by molar-refractivity contribution is 5.48. The van der Waals surface area contributed by atoms with E-state index in [-0.39, 0.29) is 22.3 Å². The molecule has 8 heteroatoms. The van der Waals surface area contributed by atoms with Crippen molar-refractivity contribution in [3.8, 4) is 0 Å². The smallest absolute Gasteiger partial charge is 0.287 e. The summed E-state index contributed by atoms with van der Waals surface area (Å²) in [6.45, 7) is 6.61. The Morgan fingerprint density at radius 1 is 0.957 bits per heavy atom. The predicted octanol–water partition coefficient (Wildman–Crippen LogP) is 5.45. The first-order valence-corrected chi connectivity index (χ1v) is 6.50. The molecule has 0 aliphatic rings. The van der Waals surface area contributed by atoms with E-state index in [0.29, 0.717) is 0 Å². The molecule has 23 heavy (non-hydrogen) atoms. The molecular weight excluding hydrogens is 326 g/mol. The van der Waals surface area contributed by atoms with Gasteiger partial charge in [0, 0.05) is 0 Å². The summed E-state index contributed by atoms with van der Waals surface area (Å²) in [5.74, 6) is 0. The van der Waals surface area contributed by atoms with E-state index in [4.69, 9.17) is 0 Å². The van der Waals surface area contributed by atoms with Crippen molar-refractivity contribution in [2.75, 3.05) is 13.2 Å². The minimum absolute atomic E-state index is 0.119. The third-order valence-corrected chi connectivity index (χ3v) is 2.82. The maximum atomic E-state index is 12.1. The summed E-state index contributed by atoms with van der Waals surface area (Å²) >= 11 is 0. The monoisotopic (exact) mass is 344 g/mol. The molecule has 0 amide bonds. The Morgan fingerprint density at radius 3 is 1.83 bits per heavy atom. The fourth-order valence-electron chi connectivity index (χ4n) is 1.58. The lowest BCUT2D eigenvalue weighted by Gasteiger charge is -2.16. The zero-order valence-corrected chi connectivity index (χ0v) is 12.9. The van der Waals surface area contributed by atoms with Gasteiger partial charge in [-0.1, -0.05) is 24.8 Å². The summed E-state index contributed by atoms with van der Waals surface area (Å²) in [6.07, 6.45) is -5.39. The lowest BCUT2D eigenvalue weighted by atomic mass is 9.96. The van der Waals surface area contributed by atoms with E-state index in [1.165, 1.54) is 32.1 Å². The molecule has 0 aromatic heterocycles. The van der Waals surface area contributed by atoms with Crippen LogP contribution in [-0.4, -0.2) is 25.9 Å². The summed E-state index contributed by atoms with van der Waals surface area (Å²) in [5.41, 5.74) is 0.705. The molecule has 0 radical (unpaired) electrons. The molecule has 0 bridgehead atoms. The van der Waals surface area contributed by atoms with Gasteiger partial charge in [0.1, 0.15) is 0 Å². The molecule has 0 aromatic rings. The molecule has 0 atom stereocenters. The summed E-state index contributed by atoms with van der Waals surface area (Å²) < 4.78 is 80.2. The van der Waals surface area contributed by atoms with E-state index in [9.17, 15) is 26.3 Å². The molecule has 0 rings (SSSR count). The molecule has 0 spiro atoms. The normalized spacial score (nSPS) is 15.1. The highest BCUT2D eigenvalue weighted by atomic mass is 19.4. The van der Waals surface area contributed by atoms with Crippen molar-refractivity contribution in [3.05, 3.63) is 47.1 Å². The Hall–Kier alpha value is -1.54. The molecule has 0 unspecified atom stereocenters. The minimum Gasteiger partial charge on any atom is -0.287 e. The van der Waals surface area contributed by atoms with Crippen molar-refractivity contribution < 1.29 is 35.8 Å². The van der Waals surface area contributed by atoms with Crippen LogP contribution in [0, 0.1) is 0 Å². The lowest BCUT2D eigenvalue weighted by Crippen LogP contribution is -2.17. The number of ether oxygens (including phenoxy) is 2. The first-order valence-electron chi connectivity index (χ1n) is 6.50. The van der Waals surface area contributed by atoms with Crippen LogP contribution >= 0.6 is 0 Å². The Labute approximate surface area is 130 Å². The van der Waals surface area contributed by atoms with E-state index < -0.39 is 25.9 Å². The second-order valence-electron chi connectivity index (χ2n) is 4.41. The zero-order chi connectivity index (χ0) is 18.3. The average molecular weight is 344 g/mol. The predicted molar refractivity (Wildman–Crippen MR) is 74.4 cm³/mol. The fourth-order valence-corrected chi connectivity index (χ4v) is 1.58. The van der Waals surface area contributed by atoms with Crippen molar-refractivity contribution >= 4 is 0 Å². The van der Waals surface area contributed by atoms with Crippen molar-refractivity contribution in [1.82, 2.24) is 0 Å². The Bertz CT molecular complexity index is 495. The number of alkyl halides is 6. The molecule has 0 saturated heterocycles. The van der Waals surface area contributed by atoms with Crippen LogP contribution < -0.4 is 0 Å². The standard InChI is InChI=1S/C15H18F6O2/c1-5-7-13(9-23-15(19,20)21)11(4)10(3)12(6-2)8-22-14(16,17)18/h5-7H,3,8-9H2,1-2,4H3. The number of hydrogen-bond acceptors (Lipinski definition) is 2. The van der Waals surface area contributed by atoms with E-state index in [2.05, 4.69) is 16.1 Å². The van der Waals surface area contributed by atoms with Gasteiger partial charge < -0.3 is 0 Å². The van der Waals surface area contributed by atoms with Gasteiger partial charge in [-0.3, -0.25) is 9.47 Å². The maximum absolute atomic E-state index is 12.1. The molecular formula is C15H18F6O2. The van der Waals surface area contributed by atoms with Gasteiger partial charge in [-0.25, -0.2) is 0 Å². The second kappa shape index (κ2) is 8.93.